The molecule has 1 N–H and O–H groups in total. The fourth-order valence-corrected chi connectivity index (χ4v) is 2.04. The quantitative estimate of drug-likeness (QED) is 0.887. The number of thioether (sulfide) groups is 1. The number of benzene rings is 1. The lowest BCUT2D eigenvalue weighted by molar-refractivity contribution is -0.118. The summed E-state index contributed by atoms with van der Waals surface area (Å²) in [6, 6.07) is 6.67. The van der Waals surface area contributed by atoms with Gasteiger partial charge in [0, 0.05) is 24.4 Å². The van der Waals surface area contributed by atoms with Gasteiger partial charge in [-0.2, -0.15) is 11.8 Å². The Hall–Kier alpha value is -2.15. The summed E-state index contributed by atoms with van der Waals surface area (Å²) in [4.78, 5) is 15.5. The van der Waals surface area contributed by atoms with Gasteiger partial charge < -0.3 is 10.1 Å². The molecule has 0 fully saturated rings. The second kappa shape index (κ2) is 7.74. The summed E-state index contributed by atoms with van der Waals surface area (Å²) in [5.41, 5.74) is 0.640. The van der Waals surface area contributed by atoms with Gasteiger partial charge in [0.25, 0.3) is 0 Å². The van der Waals surface area contributed by atoms with Crippen LogP contribution in [0.5, 0.6) is 11.6 Å². The van der Waals surface area contributed by atoms with E-state index < -0.39 is 11.6 Å². The van der Waals surface area contributed by atoms with Crippen LogP contribution in [-0.4, -0.2) is 22.9 Å². The number of halogens is 2. The topological polar surface area (TPSA) is 51.2 Å². The van der Waals surface area contributed by atoms with Crippen LogP contribution in [0.3, 0.4) is 0 Å². The zero-order chi connectivity index (χ0) is 15.9. The standard InChI is InChI=1S/C15H14F2N2O2S/c1-22-9-14(20)19-8-10-3-2-6-18-15(10)21-11-4-5-12(16)13(17)7-11/h2-7H,8-9H2,1H3,(H,19,20). The Morgan fingerprint density at radius 2 is 2.14 bits per heavy atom. The Morgan fingerprint density at radius 1 is 1.32 bits per heavy atom. The minimum Gasteiger partial charge on any atom is -0.439 e. The highest BCUT2D eigenvalue weighted by molar-refractivity contribution is 7.99. The van der Waals surface area contributed by atoms with Crippen LogP contribution in [0.15, 0.2) is 36.5 Å². The smallest absolute Gasteiger partial charge is 0.230 e. The summed E-state index contributed by atoms with van der Waals surface area (Å²) >= 11 is 1.42. The molecule has 4 nitrogen and oxygen atoms in total. The zero-order valence-electron chi connectivity index (χ0n) is 11.8. The number of rotatable bonds is 6. The highest BCUT2D eigenvalue weighted by Crippen LogP contribution is 2.24. The van der Waals surface area contributed by atoms with Crippen molar-refractivity contribution in [3.05, 3.63) is 53.7 Å². The van der Waals surface area contributed by atoms with Crippen molar-refractivity contribution in [2.24, 2.45) is 0 Å². The molecule has 2 aromatic rings. The van der Waals surface area contributed by atoms with Crippen molar-refractivity contribution in [2.75, 3.05) is 12.0 Å². The third-order valence-corrected chi connectivity index (χ3v) is 3.26. The summed E-state index contributed by atoms with van der Waals surface area (Å²) < 4.78 is 31.6. The van der Waals surface area contributed by atoms with Crippen LogP contribution >= 0.6 is 11.8 Å². The van der Waals surface area contributed by atoms with Crippen LogP contribution in [0.1, 0.15) is 5.56 Å². The molecule has 1 aromatic carbocycles. The lowest BCUT2D eigenvalue weighted by Crippen LogP contribution is -2.24. The van der Waals surface area contributed by atoms with Gasteiger partial charge >= 0.3 is 0 Å². The van der Waals surface area contributed by atoms with Gasteiger partial charge in [-0.1, -0.05) is 6.07 Å². The predicted molar refractivity (Wildman–Crippen MR) is 80.9 cm³/mol. The minimum absolute atomic E-state index is 0.102. The van der Waals surface area contributed by atoms with Crippen molar-refractivity contribution in [3.8, 4) is 11.6 Å². The number of carbonyl (C=O) groups excluding carboxylic acids is 1. The number of aromatic nitrogens is 1. The summed E-state index contributed by atoms with van der Waals surface area (Å²) in [5.74, 6) is -1.32. The van der Waals surface area contributed by atoms with E-state index in [2.05, 4.69) is 10.3 Å². The lowest BCUT2D eigenvalue weighted by atomic mass is 10.2. The molecule has 0 spiro atoms. The van der Waals surface area contributed by atoms with Crippen molar-refractivity contribution >= 4 is 17.7 Å². The maximum absolute atomic E-state index is 13.2. The highest BCUT2D eigenvalue weighted by Gasteiger charge is 2.10. The zero-order valence-corrected chi connectivity index (χ0v) is 12.6. The maximum atomic E-state index is 13.2. The molecule has 0 saturated heterocycles. The van der Waals surface area contributed by atoms with Crippen molar-refractivity contribution in [3.63, 3.8) is 0 Å². The molecule has 0 saturated carbocycles. The number of nitrogens with zero attached hydrogens (tertiary/aromatic N) is 1. The van der Waals surface area contributed by atoms with Crippen molar-refractivity contribution in [2.45, 2.75) is 6.54 Å². The van der Waals surface area contributed by atoms with Gasteiger partial charge in [-0.3, -0.25) is 4.79 Å². The van der Waals surface area contributed by atoms with E-state index in [0.29, 0.717) is 11.3 Å². The van der Waals surface area contributed by atoms with Crippen LogP contribution in [0, 0.1) is 11.6 Å². The van der Waals surface area contributed by atoms with Crippen LogP contribution < -0.4 is 10.1 Å². The average Bonchev–Trinajstić information content (AvgIpc) is 2.50. The molecule has 0 aliphatic heterocycles. The van der Waals surface area contributed by atoms with E-state index in [9.17, 15) is 13.6 Å². The molecule has 116 valence electrons. The van der Waals surface area contributed by atoms with E-state index in [0.717, 1.165) is 12.1 Å². The van der Waals surface area contributed by atoms with Gasteiger partial charge in [0.1, 0.15) is 5.75 Å². The summed E-state index contributed by atoms with van der Waals surface area (Å²) in [7, 11) is 0. The first-order valence-electron chi connectivity index (χ1n) is 6.42. The molecule has 0 bridgehead atoms. The number of amides is 1. The fourth-order valence-electron chi connectivity index (χ4n) is 1.68. The molecule has 0 unspecified atom stereocenters. The molecule has 1 aromatic heterocycles. The molecule has 0 radical (unpaired) electrons. The molecule has 1 amide bonds. The minimum atomic E-state index is -0.997. The van der Waals surface area contributed by atoms with Gasteiger partial charge in [-0.15, -0.1) is 0 Å². The van der Waals surface area contributed by atoms with E-state index in [-0.39, 0.29) is 24.1 Å². The molecular weight excluding hydrogens is 310 g/mol. The number of hydrogen-bond acceptors (Lipinski definition) is 4. The number of hydrogen-bond donors (Lipinski definition) is 1. The molecule has 0 aliphatic carbocycles. The largest absolute Gasteiger partial charge is 0.439 e. The molecule has 22 heavy (non-hydrogen) atoms. The lowest BCUT2D eigenvalue weighted by Gasteiger charge is -2.10. The Bertz CT molecular complexity index is 668. The monoisotopic (exact) mass is 324 g/mol. The highest BCUT2D eigenvalue weighted by atomic mass is 32.2. The van der Waals surface area contributed by atoms with E-state index >= 15 is 0 Å². The molecule has 7 heteroatoms. The van der Waals surface area contributed by atoms with E-state index in [4.69, 9.17) is 4.74 Å². The predicted octanol–water partition coefficient (Wildman–Crippen LogP) is 3.13. The number of pyridine rings is 1. The maximum Gasteiger partial charge on any atom is 0.230 e. The molecule has 0 aliphatic rings. The summed E-state index contributed by atoms with van der Waals surface area (Å²) in [6.07, 6.45) is 3.35. The van der Waals surface area contributed by atoms with Crippen LogP contribution in [0.25, 0.3) is 0 Å². The first kappa shape index (κ1) is 16.2. The third-order valence-electron chi connectivity index (χ3n) is 2.71. The number of nitrogens with one attached hydrogen (secondary N) is 1. The van der Waals surface area contributed by atoms with Crippen molar-refractivity contribution < 1.29 is 18.3 Å². The van der Waals surface area contributed by atoms with Gasteiger partial charge in [0.15, 0.2) is 11.6 Å². The first-order chi connectivity index (χ1) is 10.6. The van der Waals surface area contributed by atoms with Gasteiger partial charge in [0.05, 0.1) is 5.75 Å². The Kier molecular flexibility index (Phi) is 5.71. The molecule has 0 atom stereocenters. The van der Waals surface area contributed by atoms with Crippen LogP contribution in [0.4, 0.5) is 8.78 Å². The summed E-state index contributed by atoms with van der Waals surface area (Å²) in [6.45, 7) is 0.242. The average molecular weight is 324 g/mol. The fraction of sp³-hybridized carbons (Fsp3) is 0.200. The van der Waals surface area contributed by atoms with E-state index in [1.54, 1.807) is 12.1 Å². The normalized spacial score (nSPS) is 10.3. The van der Waals surface area contributed by atoms with Gasteiger partial charge in [-0.05, 0) is 24.5 Å². The number of carbonyl (C=O) groups is 1. The first-order valence-corrected chi connectivity index (χ1v) is 7.82. The van der Waals surface area contributed by atoms with E-state index in [1.165, 1.54) is 24.0 Å². The molecule has 2 rings (SSSR count). The second-order valence-electron chi connectivity index (χ2n) is 4.36. The Balaban J connectivity index is 2.10. The van der Waals surface area contributed by atoms with Crippen molar-refractivity contribution in [1.82, 2.24) is 10.3 Å². The Morgan fingerprint density at radius 3 is 2.86 bits per heavy atom. The third kappa shape index (κ3) is 4.42. The summed E-state index contributed by atoms with van der Waals surface area (Å²) in [5, 5.41) is 2.73. The van der Waals surface area contributed by atoms with Crippen LogP contribution in [0.2, 0.25) is 0 Å². The van der Waals surface area contributed by atoms with Gasteiger partial charge in [-0.25, -0.2) is 13.8 Å². The van der Waals surface area contributed by atoms with Crippen molar-refractivity contribution in [1.29, 1.82) is 0 Å². The molecular formula is C15H14F2N2O2S. The SMILES string of the molecule is CSCC(=O)NCc1cccnc1Oc1ccc(F)c(F)c1. The van der Waals surface area contributed by atoms with Crippen LogP contribution in [-0.2, 0) is 11.3 Å². The van der Waals surface area contributed by atoms with E-state index in [1.807, 2.05) is 6.26 Å². The molecule has 1 heterocycles. The van der Waals surface area contributed by atoms with Gasteiger partial charge in [0.2, 0.25) is 11.8 Å². The Labute approximate surface area is 130 Å². The second-order valence-corrected chi connectivity index (χ2v) is 5.22. The number of ether oxygens (including phenoxy) is 1.